The third-order valence-electron chi connectivity index (χ3n) is 1.97. The van der Waals surface area contributed by atoms with Crippen molar-refractivity contribution in [1.82, 2.24) is 10.1 Å². The summed E-state index contributed by atoms with van der Waals surface area (Å²) in [4.78, 5) is 1.33. The van der Waals surface area contributed by atoms with Crippen LogP contribution in [0.4, 0.5) is 13.2 Å². The van der Waals surface area contributed by atoms with Gasteiger partial charge in [-0.3, -0.25) is 4.90 Å². The van der Waals surface area contributed by atoms with Crippen molar-refractivity contribution in [2.75, 3.05) is 13.6 Å². The molecular weight excluding hydrogens is 225 g/mol. The molecule has 92 valence electrons. The van der Waals surface area contributed by atoms with E-state index in [0.29, 0.717) is 11.5 Å². The minimum Gasteiger partial charge on any atom is -0.382 e. The summed E-state index contributed by atoms with van der Waals surface area (Å²) in [6.45, 7) is 1.40. The number of rotatable bonds is 4. The molecule has 0 bridgehead atoms. The zero-order valence-electron chi connectivity index (χ0n) is 8.95. The predicted molar refractivity (Wildman–Crippen MR) is 49.6 cm³/mol. The maximum Gasteiger partial charge on any atom is 0.415 e. The van der Waals surface area contributed by atoms with Gasteiger partial charge in [-0.25, -0.2) is 0 Å². The highest BCUT2D eigenvalue weighted by Crippen LogP contribution is 2.20. The Bertz CT molecular complexity index is 338. The van der Waals surface area contributed by atoms with Crippen molar-refractivity contribution < 1.29 is 22.8 Å². The Kier molecular flexibility index (Phi) is 3.93. The largest absolute Gasteiger partial charge is 0.415 e. The molecule has 0 saturated heterocycles. The lowest BCUT2D eigenvalue weighted by Gasteiger charge is -2.21. The molecule has 1 atom stereocenters. The third-order valence-corrected chi connectivity index (χ3v) is 1.97. The third kappa shape index (κ3) is 3.82. The molecule has 0 aromatic carbocycles. The van der Waals surface area contributed by atoms with Crippen LogP contribution in [0, 0.1) is 6.92 Å². The first-order valence-corrected chi connectivity index (χ1v) is 4.64. The number of aryl methyl sites for hydroxylation is 1. The van der Waals surface area contributed by atoms with E-state index in [-0.39, 0.29) is 6.54 Å². The lowest BCUT2D eigenvalue weighted by molar-refractivity contribution is -0.207. The fourth-order valence-corrected chi connectivity index (χ4v) is 1.23. The topological polar surface area (TPSA) is 49.5 Å². The second-order valence-corrected chi connectivity index (χ2v) is 3.68. The maximum absolute atomic E-state index is 12.0. The molecular formula is C9H13F3N2O2. The number of nitrogens with zero attached hydrogens (tertiary/aromatic N) is 2. The molecule has 0 aliphatic carbocycles. The van der Waals surface area contributed by atoms with E-state index in [9.17, 15) is 13.2 Å². The molecule has 1 N–H and O–H groups in total. The monoisotopic (exact) mass is 238 g/mol. The molecule has 0 radical (unpaired) electrons. The van der Waals surface area contributed by atoms with Crippen LogP contribution in [-0.2, 0) is 6.54 Å². The Morgan fingerprint density at radius 3 is 2.62 bits per heavy atom. The number of aromatic nitrogens is 1. The lowest BCUT2D eigenvalue weighted by atomic mass is 10.3. The first kappa shape index (κ1) is 13.0. The molecule has 4 nitrogen and oxygen atoms in total. The zero-order chi connectivity index (χ0) is 12.3. The average Bonchev–Trinajstić information content (AvgIpc) is 2.49. The minimum atomic E-state index is -4.59. The van der Waals surface area contributed by atoms with Crippen LogP contribution < -0.4 is 0 Å². The van der Waals surface area contributed by atoms with Gasteiger partial charge in [0.15, 0.2) is 6.10 Å². The Morgan fingerprint density at radius 1 is 1.56 bits per heavy atom. The Labute approximate surface area is 90.6 Å². The molecule has 0 spiro atoms. The molecule has 1 heterocycles. The van der Waals surface area contributed by atoms with Crippen LogP contribution >= 0.6 is 0 Å². The summed E-state index contributed by atoms with van der Waals surface area (Å²) >= 11 is 0. The quantitative estimate of drug-likeness (QED) is 0.859. The maximum atomic E-state index is 12.0. The molecule has 0 amide bonds. The lowest BCUT2D eigenvalue weighted by Crippen LogP contribution is -2.39. The van der Waals surface area contributed by atoms with Crippen molar-refractivity contribution in [1.29, 1.82) is 0 Å². The molecule has 16 heavy (non-hydrogen) atoms. The standard InChI is InChI=1S/C9H13F3N2O2/c1-6-3-7(13-16-6)4-14(2)5-8(15)9(10,11)12/h3,8,15H,4-5H2,1-2H3. The number of halogens is 3. The normalized spacial score (nSPS) is 14.4. The van der Waals surface area contributed by atoms with Gasteiger partial charge in [0, 0.05) is 19.2 Å². The number of alkyl halides is 3. The fourth-order valence-electron chi connectivity index (χ4n) is 1.23. The van der Waals surface area contributed by atoms with Crippen molar-refractivity contribution in [3.8, 4) is 0 Å². The number of aliphatic hydroxyl groups is 1. The highest BCUT2D eigenvalue weighted by molar-refractivity contribution is 5.03. The second-order valence-electron chi connectivity index (χ2n) is 3.68. The van der Waals surface area contributed by atoms with Crippen LogP contribution in [0.1, 0.15) is 11.5 Å². The number of likely N-dealkylation sites (N-methyl/N-ethyl adjacent to an activating group) is 1. The van der Waals surface area contributed by atoms with Gasteiger partial charge in [0.25, 0.3) is 0 Å². The van der Waals surface area contributed by atoms with Gasteiger partial charge in [-0.2, -0.15) is 13.2 Å². The summed E-state index contributed by atoms with van der Waals surface area (Å²) in [5, 5.41) is 12.5. The van der Waals surface area contributed by atoms with E-state index in [1.807, 2.05) is 0 Å². The molecule has 1 aromatic rings. The van der Waals surface area contributed by atoms with Gasteiger partial charge in [-0.15, -0.1) is 0 Å². The Morgan fingerprint density at radius 2 is 2.19 bits per heavy atom. The van der Waals surface area contributed by atoms with E-state index in [1.165, 1.54) is 11.9 Å². The predicted octanol–water partition coefficient (Wildman–Crippen LogP) is 1.34. The van der Waals surface area contributed by atoms with E-state index >= 15 is 0 Å². The van der Waals surface area contributed by atoms with Gasteiger partial charge < -0.3 is 9.63 Å². The summed E-state index contributed by atoms with van der Waals surface area (Å²) in [5.74, 6) is 0.597. The summed E-state index contributed by atoms with van der Waals surface area (Å²) in [5.41, 5.74) is 0.536. The van der Waals surface area contributed by atoms with Gasteiger partial charge in [0.2, 0.25) is 0 Å². The Hall–Kier alpha value is -1.08. The van der Waals surface area contributed by atoms with Crippen molar-refractivity contribution in [2.24, 2.45) is 0 Å². The van der Waals surface area contributed by atoms with Crippen LogP contribution in [0.3, 0.4) is 0 Å². The van der Waals surface area contributed by atoms with Gasteiger partial charge in [-0.05, 0) is 14.0 Å². The molecule has 1 unspecified atom stereocenters. The van der Waals surface area contributed by atoms with Gasteiger partial charge in [0.05, 0.1) is 5.69 Å². The minimum absolute atomic E-state index is 0.199. The van der Waals surface area contributed by atoms with Gasteiger partial charge in [-0.1, -0.05) is 5.16 Å². The highest BCUT2D eigenvalue weighted by Gasteiger charge is 2.38. The van der Waals surface area contributed by atoms with Crippen molar-refractivity contribution in [3.05, 3.63) is 17.5 Å². The number of hydrogen-bond donors (Lipinski definition) is 1. The fraction of sp³-hybridized carbons (Fsp3) is 0.667. The van der Waals surface area contributed by atoms with Crippen molar-refractivity contribution in [3.63, 3.8) is 0 Å². The Balaban J connectivity index is 2.45. The van der Waals surface area contributed by atoms with Crippen molar-refractivity contribution in [2.45, 2.75) is 25.7 Å². The zero-order valence-corrected chi connectivity index (χ0v) is 8.95. The van der Waals surface area contributed by atoms with Crippen LogP contribution in [0.2, 0.25) is 0 Å². The SMILES string of the molecule is Cc1cc(CN(C)CC(O)C(F)(F)F)no1. The summed E-state index contributed by atoms with van der Waals surface area (Å²) < 4.78 is 40.9. The van der Waals surface area contributed by atoms with Crippen LogP contribution in [0.15, 0.2) is 10.6 Å². The van der Waals surface area contributed by atoms with Gasteiger partial charge in [0.1, 0.15) is 5.76 Å². The summed E-state index contributed by atoms with van der Waals surface area (Å²) in [6, 6.07) is 1.64. The molecule has 0 aliphatic rings. The van der Waals surface area contributed by atoms with E-state index in [2.05, 4.69) is 5.16 Å². The van der Waals surface area contributed by atoms with Crippen molar-refractivity contribution >= 4 is 0 Å². The van der Waals surface area contributed by atoms with E-state index in [0.717, 1.165) is 0 Å². The molecule has 0 aliphatic heterocycles. The first-order valence-electron chi connectivity index (χ1n) is 4.64. The number of aliphatic hydroxyl groups excluding tert-OH is 1. The van der Waals surface area contributed by atoms with E-state index < -0.39 is 18.8 Å². The van der Waals surface area contributed by atoms with E-state index in [4.69, 9.17) is 9.63 Å². The molecule has 0 fully saturated rings. The van der Waals surface area contributed by atoms with Crippen LogP contribution in [0.25, 0.3) is 0 Å². The molecule has 1 aromatic heterocycles. The highest BCUT2D eigenvalue weighted by atomic mass is 19.4. The second kappa shape index (κ2) is 4.84. The molecule has 1 rings (SSSR count). The average molecular weight is 238 g/mol. The van der Waals surface area contributed by atoms with Crippen LogP contribution in [0.5, 0.6) is 0 Å². The smallest absolute Gasteiger partial charge is 0.382 e. The molecule has 0 saturated carbocycles. The van der Waals surface area contributed by atoms with Crippen LogP contribution in [-0.4, -0.2) is 41.0 Å². The van der Waals surface area contributed by atoms with Gasteiger partial charge >= 0.3 is 6.18 Å². The summed E-state index contributed by atoms with van der Waals surface area (Å²) in [7, 11) is 1.47. The first-order chi connectivity index (χ1) is 7.29. The molecule has 7 heteroatoms. The summed E-state index contributed by atoms with van der Waals surface area (Å²) in [6.07, 6.45) is -6.93. The van der Waals surface area contributed by atoms with E-state index in [1.54, 1.807) is 13.0 Å². The number of hydrogen-bond acceptors (Lipinski definition) is 4.